The topological polar surface area (TPSA) is 9.23 Å². The quantitative estimate of drug-likeness (QED) is 0.707. The number of ether oxygens (including phenoxy) is 1. The van der Waals surface area contributed by atoms with Gasteiger partial charge in [-0.05, 0) is 18.9 Å². The van der Waals surface area contributed by atoms with Crippen LogP contribution in [0.1, 0.15) is 31.9 Å². The van der Waals surface area contributed by atoms with E-state index in [1.54, 1.807) is 0 Å². The lowest BCUT2D eigenvalue weighted by Crippen LogP contribution is -2.02. The van der Waals surface area contributed by atoms with Crippen molar-refractivity contribution in [1.82, 2.24) is 0 Å². The van der Waals surface area contributed by atoms with Crippen LogP contribution in [0.15, 0.2) is 30.9 Å². The highest BCUT2D eigenvalue weighted by Gasteiger charge is 2.12. The number of hydrogen-bond donors (Lipinski definition) is 0. The molecule has 0 amide bonds. The fourth-order valence-corrected chi connectivity index (χ4v) is 1.60. The molecule has 0 aliphatic rings. The molecule has 1 heteroatoms. The Kier molecular flexibility index (Phi) is 4.41. The van der Waals surface area contributed by atoms with Crippen molar-refractivity contribution in [3.05, 3.63) is 47.9 Å². The second-order valence-corrected chi connectivity index (χ2v) is 3.47. The molecule has 0 aliphatic heterocycles. The third-order valence-corrected chi connectivity index (χ3v) is 2.50. The molecule has 15 heavy (non-hydrogen) atoms. The summed E-state index contributed by atoms with van der Waals surface area (Å²) in [6, 6.07) is 6.27. The average Bonchev–Trinajstić information content (AvgIpc) is 2.28. The Bertz CT molecular complexity index is 328. The molecule has 0 unspecified atom stereocenters. The largest absolute Gasteiger partial charge is 0.493 e. The van der Waals surface area contributed by atoms with Crippen molar-refractivity contribution in [2.24, 2.45) is 0 Å². The van der Waals surface area contributed by atoms with Gasteiger partial charge in [0.25, 0.3) is 0 Å². The lowest BCUT2D eigenvalue weighted by molar-refractivity contribution is 0.334. The normalized spacial score (nSPS) is 10.4. The second-order valence-electron chi connectivity index (χ2n) is 3.47. The number of benzene rings is 1. The first-order valence-electron chi connectivity index (χ1n) is 5.45. The monoisotopic (exact) mass is 203 g/mol. The SMILES string of the molecule is C=C[C](C)c1cccc(CC)c1OCC. The van der Waals surface area contributed by atoms with Crippen molar-refractivity contribution in [2.45, 2.75) is 27.2 Å². The molecule has 1 rings (SSSR count). The van der Waals surface area contributed by atoms with Crippen LogP contribution < -0.4 is 4.74 Å². The van der Waals surface area contributed by atoms with E-state index in [1.807, 2.05) is 13.0 Å². The van der Waals surface area contributed by atoms with E-state index in [0.717, 1.165) is 23.7 Å². The summed E-state index contributed by atoms with van der Waals surface area (Å²) in [6.07, 6.45) is 2.87. The lowest BCUT2D eigenvalue weighted by Gasteiger charge is -2.16. The first kappa shape index (κ1) is 11.8. The molecular formula is C14H19O. The summed E-state index contributed by atoms with van der Waals surface area (Å²) >= 11 is 0. The maximum atomic E-state index is 5.71. The first-order chi connectivity index (χ1) is 7.24. The molecule has 0 aliphatic carbocycles. The van der Waals surface area contributed by atoms with E-state index in [1.165, 1.54) is 5.56 Å². The third-order valence-electron chi connectivity index (χ3n) is 2.50. The highest BCUT2D eigenvalue weighted by atomic mass is 16.5. The standard InChI is InChI=1S/C14H19O/c1-5-11(4)13-10-8-9-12(6-2)14(13)15-7-3/h5,8-10H,1,6-7H2,2-4H3. The van der Waals surface area contributed by atoms with Gasteiger partial charge in [0.1, 0.15) is 5.75 Å². The zero-order valence-corrected chi connectivity index (χ0v) is 9.84. The molecule has 81 valence electrons. The Morgan fingerprint density at radius 3 is 2.67 bits per heavy atom. The van der Waals surface area contributed by atoms with Gasteiger partial charge < -0.3 is 4.74 Å². The smallest absolute Gasteiger partial charge is 0.126 e. The fraction of sp³-hybridized carbons (Fsp3) is 0.357. The lowest BCUT2D eigenvalue weighted by atomic mass is 9.97. The van der Waals surface area contributed by atoms with Crippen LogP contribution in [0.4, 0.5) is 0 Å². The van der Waals surface area contributed by atoms with Crippen LogP contribution in [0.5, 0.6) is 5.75 Å². The number of aryl methyl sites for hydroxylation is 1. The zero-order chi connectivity index (χ0) is 11.3. The van der Waals surface area contributed by atoms with E-state index >= 15 is 0 Å². The van der Waals surface area contributed by atoms with Gasteiger partial charge in [-0.15, -0.1) is 6.58 Å². The minimum absolute atomic E-state index is 0.703. The molecule has 1 aromatic rings. The Morgan fingerprint density at radius 2 is 2.13 bits per heavy atom. The van der Waals surface area contributed by atoms with Crippen molar-refractivity contribution < 1.29 is 4.74 Å². The van der Waals surface area contributed by atoms with Gasteiger partial charge in [0.15, 0.2) is 0 Å². The molecule has 1 nitrogen and oxygen atoms in total. The number of rotatable bonds is 5. The van der Waals surface area contributed by atoms with E-state index in [-0.39, 0.29) is 0 Å². The molecule has 1 radical (unpaired) electrons. The molecule has 0 N–H and O–H groups in total. The van der Waals surface area contributed by atoms with E-state index in [9.17, 15) is 0 Å². The maximum absolute atomic E-state index is 5.71. The van der Waals surface area contributed by atoms with Crippen LogP contribution >= 0.6 is 0 Å². The van der Waals surface area contributed by atoms with Crippen LogP contribution in [-0.2, 0) is 6.42 Å². The summed E-state index contributed by atoms with van der Waals surface area (Å²) in [5.74, 6) is 2.17. The molecule has 0 aromatic heterocycles. The van der Waals surface area contributed by atoms with Gasteiger partial charge in [0.05, 0.1) is 6.61 Å². The number of para-hydroxylation sites is 1. The highest BCUT2D eigenvalue weighted by Crippen LogP contribution is 2.30. The Hall–Kier alpha value is -1.24. The van der Waals surface area contributed by atoms with Crippen molar-refractivity contribution in [2.75, 3.05) is 6.61 Å². The van der Waals surface area contributed by atoms with Crippen molar-refractivity contribution in [1.29, 1.82) is 0 Å². The van der Waals surface area contributed by atoms with E-state index in [0.29, 0.717) is 6.61 Å². The van der Waals surface area contributed by atoms with Crippen LogP contribution in [0.25, 0.3) is 0 Å². The van der Waals surface area contributed by atoms with Gasteiger partial charge in [-0.1, -0.05) is 38.1 Å². The summed E-state index contributed by atoms with van der Waals surface area (Å²) in [5, 5.41) is 0. The van der Waals surface area contributed by atoms with Gasteiger partial charge in [-0.2, -0.15) is 0 Å². The molecule has 0 atom stereocenters. The van der Waals surface area contributed by atoms with Crippen molar-refractivity contribution >= 4 is 0 Å². The minimum Gasteiger partial charge on any atom is -0.493 e. The summed E-state index contributed by atoms with van der Waals surface area (Å²) < 4.78 is 5.71. The van der Waals surface area contributed by atoms with Gasteiger partial charge in [-0.25, -0.2) is 0 Å². The molecule has 1 aromatic carbocycles. The molecule has 0 saturated carbocycles. The molecular weight excluding hydrogens is 184 g/mol. The predicted molar refractivity (Wildman–Crippen MR) is 65.2 cm³/mol. The van der Waals surface area contributed by atoms with Crippen molar-refractivity contribution in [3.8, 4) is 5.75 Å². The average molecular weight is 203 g/mol. The molecule has 0 saturated heterocycles. The van der Waals surface area contributed by atoms with Gasteiger partial charge >= 0.3 is 0 Å². The third kappa shape index (κ3) is 2.62. The van der Waals surface area contributed by atoms with Crippen LogP contribution in [-0.4, -0.2) is 6.61 Å². The number of hydrogen-bond acceptors (Lipinski definition) is 1. The Labute approximate surface area is 92.8 Å². The van der Waals surface area contributed by atoms with Gasteiger partial charge in [-0.3, -0.25) is 0 Å². The van der Waals surface area contributed by atoms with Gasteiger partial charge in [0, 0.05) is 11.5 Å². The second kappa shape index (κ2) is 5.59. The maximum Gasteiger partial charge on any atom is 0.126 e. The summed E-state index contributed by atoms with van der Waals surface area (Å²) in [5.41, 5.74) is 2.42. The van der Waals surface area contributed by atoms with Crippen LogP contribution in [0, 0.1) is 5.92 Å². The summed E-state index contributed by atoms with van der Waals surface area (Å²) in [6.45, 7) is 10.7. The Balaban J connectivity index is 3.17. The Morgan fingerprint density at radius 1 is 1.40 bits per heavy atom. The van der Waals surface area contributed by atoms with Crippen molar-refractivity contribution in [3.63, 3.8) is 0 Å². The van der Waals surface area contributed by atoms with Crippen LogP contribution in [0.3, 0.4) is 0 Å². The zero-order valence-electron chi connectivity index (χ0n) is 9.84. The summed E-state index contributed by atoms with van der Waals surface area (Å²) in [4.78, 5) is 0. The molecule has 0 spiro atoms. The van der Waals surface area contributed by atoms with E-state index < -0.39 is 0 Å². The van der Waals surface area contributed by atoms with Gasteiger partial charge in [0.2, 0.25) is 0 Å². The molecule has 0 heterocycles. The minimum atomic E-state index is 0.703. The first-order valence-corrected chi connectivity index (χ1v) is 5.45. The van der Waals surface area contributed by atoms with Crippen LogP contribution in [0.2, 0.25) is 0 Å². The molecule has 0 bridgehead atoms. The number of allylic oxidation sites excluding steroid dienone is 1. The predicted octanol–water partition coefficient (Wildman–Crippen LogP) is 3.78. The van der Waals surface area contributed by atoms with E-state index in [2.05, 4.69) is 38.6 Å². The highest BCUT2D eigenvalue weighted by molar-refractivity contribution is 5.50. The molecule has 0 fully saturated rings. The summed E-state index contributed by atoms with van der Waals surface area (Å²) in [7, 11) is 0. The fourth-order valence-electron chi connectivity index (χ4n) is 1.60. The van der Waals surface area contributed by atoms with E-state index in [4.69, 9.17) is 4.74 Å².